The van der Waals surface area contributed by atoms with Gasteiger partial charge in [0.1, 0.15) is 0 Å². The summed E-state index contributed by atoms with van der Waals surface area (Å²) in [6.45, 7) is 0. The highest BCUT2D eigenvalue weighted by molar-refractivity contribution is 7.09. The maximum Gasteiger partial charge on any atom is 0.0794 e. The zero-order valence-corrected chi connectivity index (χ0v) is 8.83. The Hall–Kier alpha value is -0.450. The second-order valence-electron chi connectivity index (χ2n) is 4.38. The van der Waals surface area contributed by atoms with Crippen molar-refractivity contribution in [2.45, 2.75) is 25.3 Å². The summed E-state index contributed by atoms with van der Waals surface area (Å²) < 4.78 is 0. The van der Waals surface area contributed by atoms with Gasteiger partial charge in [0, 0.05) is 11.1 Å². The summed E-state index contributed by atoms with van der Waals surface area (Å²) in [5.41, 5.74) is 4.85. The molecule has 1 aromatic rings. The smallest absolute Gasteiger partial charge is 0.0794 e. The first-order valence-corrected chi connectivity index (χ1v) is 6.14. The van der Waals surface area contributed by atoms with Crippen LogP contribution in [-0.2, 0) is 0 Å². The minimum absolute atomic E-state index is 0.359. The van der Waals surface area contributed by atoms with E-state index in [2.05, 4.69) is 10.4 Å². The van der Waals surface area contributed by atoms with Crippen molar-refractivity contribution in [2.24, 2.45) is 23.6 Å². The predicted molar refractivity (Wildman–Crippen MR) is 56.5 cm³/mol. The number of hydrazine groups is 1. The topological polar surface area (TPSA) is 50.9 Å². The fraction of sp³-hybridized carbons (Fsp3) is 0.700. The number of rotatable bonds is 3. The normalized spacial score (nSPS) is 36.8. The zero-order valence-electron chi connectivity index (χ0n) is 8.02. The summed E-state index contributed by atoms with van der Waals surface area (Å²) in [6, 6.07) is 0.359. The van der Waals surface area contributed by atoms with E-state index < -0.39 is 0 Å². The highest BCUT2D eigenvalue weighted by Gasteiger charge is 2.56. The van der Waals surface area contributed by atoms with E-state index in [0.717, 1.165) is 17.8 Å². The molecule has 4 heteroatoms. The summed E-state index contributed by atoms with van der Waals surface area (Å²) in [5.74, 6) is 8.31. The minimum atomic E-state index is 0.359. The average Bonchev–Trinajstić information content (AvgIpc) is 2.67. The number of aromatic nitrogens is 1. The van der Waals surface area contributed by atoms with Gasteiger partial charge >= 0.3 is 0 Å². The number of nitrogens with zero attached hydrogens (tertiary/aromatic N) is 1. The van der Waals surface area contributed by atoms with Crippen molar-refractivity contribution in [1.82, 2.24) is 10.4 Å². The molecule has 0 spiro atoms. The number of hydrogen-bond acceptors (Lipinski definition) is 4. The Morgan fingerprint density at radius 3 is 2.86 bits per heavy atom. The summed E-state index contributed by atoms with van der Waals surface area (Å²) in [6.07, 6.45) is 6.19. The average molecular weight is 209 g/mol. The summed E-state index contributed by atoms with van der Waals surface area (Å²) in [4.78, 5) is 5.42. The van der Waals surface area contributed by atoms with Crippen LogP contribution in [0.1, 0.15) is 30.2 Å². The van der Waals surface area contributed by atoms with E-state index in [1.807, 2.05) is 11.7 Å². The quantitative estimate of drug-likeness (QED) is 0.588. The number of thiazole rings is 1. The van der Waals surface area contributed by atoms with Crippen LogP contribution in [0.2, 0.25) is 0 Å². The van der Waals surface area contributed by atoms with Gasteiger partial charge in [-0.3, -0.25) is 16.3 Å². The molecule has 0 amide bonds. The molecule has 0 bridgehead atoms. The first kappa shape index (κ1) is 8.83. The van der Waals surface area contributed by atoms with E-state index in [0.29, 0.717) is 6.04 Å². The SMILES string of the molecule is NNC(c1cncs1)C1C2CCCC21. The van der Waals surface area contributed by atoms with Crippen molar-refractivity contribution in [3.63, 3.8) is 0 Å². The lowest BCUT2D eigenvalue weighted by molar-refractivity contribution is 0.430. The molecule has 14 heavy (non-hydrogen) atoms. The number of fused-ring (bicyclic) bond motifs is 1. The lowest BCUT2D eigenvalue weighted by Crippen LogP contribution is -2.30. The maximum atomic E-state index is 5.64. The second-order valence-corrected chi connectivity index (χ2v) is 5.30. The molecule has 2 aliphatic rings. The van der Waals surface area contributed by atoms with E-state index in [9.17, 15) is 0 Å². The van der Waals surface area contributed by atoms with Gasteiger partial charge in [0.15, 0.2) is 0 Å². The van der Waals surface area contributed by atoms with Crippen molar-refractivity contribution < 1.29 is 0 Å². The first-order valence-electron chi connectivity index (χ1n) is 5.26. The van der Waals surface area contributed by atoms with Crippen LogP contribution >= 0.6 is 11.3 Å². The molecule has 0 aromatic carbocycles. The molecular weight excluding hydrogens is 194 g/mol. The number of hydrogen-bond donors (Lipinski definition) is 2. The van der Waals surface area contributed by atoms with Crippen LogP contribution in [0.4, 0.5) is 0 Å². The van der Waals surface area contributed by atoms with Gasteiger partial charge in [0.25, 0.3) is 0 Å². The molecule has 0 saturated heterocycles. The molecule has 2 aliphatic carbocycles. The van der Waals surface area contributed by atoms with Crippen LogP contribution in [0.15, 0.2) is 11.7 Å². The predicted octanol–water partition coefficient (Wildman–Crippen LogP) is 1.69. The third-order valence-corrected chi connectivity index (χ3v) is 4.65. The number of nitrogens with one attached hydrogen (secondary N) is 1. The molecule has 3 nitrogen and oxygen atoms in total. The summed E-state index contributed by atoms with van der Waals surface area (Å²) in [7, 11) is 0. The molecule has 1 heterocycles. The Bertz CT molecular complexity index is 301. The molecule has 3 rings (SSSR count). The van der Waals surface area contributed by atoms with E-state index in [4.69, 9.17) is 5.84 Å². The van der Waals surface area contributed by atoms with Gasteiger partial charge in [-0.25, -0.2) is 0 Å². The van der Waals surface area contributed by atoms with Crippen molar-refractivity contribution in [3.05, 3.63) is 16.6 Å². The molecule has 3 atom stereocenters. The van der Waals surface area contributed by atoms with Crippen LogP contribution < -0.4 is 11.3 Å². The van der Waals surface area contributed by atoms with Crippen LogP contribution in [0.5, 0.6) is 0 Å². The van der Waals surface area contributed by atoms with Gasteiger partial charge in [-0.1, -0.05) is 6.42 Å². The highest BCUT2D eigenvalue weighted by atomic mass is 32.1. The van der Waals surface area contributed by atoms with Gasteiger partial charge in [0.05, 0.1) is 11.6 Å². The lowest BCUT2D eigenvalue weighted by atomic mass is 10.0. The van der Waals surface area contributed by atoms with Crippen LogP contribution in [-0.4, -0.2) is 4.98 Å². The van der Waals surface area contributed by atoms with Crippen molar-refractivity contribution in [1.29, 1.82) is 0 Å². The van der Waals surface area contributed by atoms with Crippen LogP contribution in [0.25, 0.3) is 0 Å². The van der Waals surface area contributed by atoms with Crippen molar-refractivity contribution >= 4 is 11.3 Å². The van der Waals surface area contributed by atoms with E-state index in [-0.39, 0.29) is 0 Å². The molecule has 1 aromatic heterocycles. The monoisotopic (exact) mass is 209 g/mol. The Morgan fingerprint density at radius 1 is 1.50 bits per heavy atom. The van der Waals surface area contributed by atoms with Gasteiger partial charge in [-0.2, -0.15) is 0 Å². The molecule has 76 valence electrons. The molecular formula is C10H15N3S. The van der Waals surface area contributed by atoms with E-state index in [1.165, 1.54) is 24.1 Å². The molecule has 0 aliphatic heterocycles. The summed E-state index contributed by atoms with van der Waals surface area (Å²) in [5, 5.41) is 0. The number of nitrogens with two attached hydrogens (primary N) is 1. The minimum Gasteiger partial charge on any atom is -0.271 e. The Morgan fingerprint density at radius 2 is 2.29 bits per heavy atom. The largest absolute Gasteiger partial charge is 0.271 e. The Labute approximate surface area is 87.7 Å². The molecule has 2 saturated carbocycles. The van der Waals surface area contributed by atoms with Crippen molar-refractivity contribution in [2.75, 3.05) is 0 Å². The molecule has 2 fully saturated rings. The molecule has 0 radical (unpaired) electrons. The standard InChI is InChI=1S/C10H15N3S/c11-13-10(8-4-12-5-14-8)9-6-2-1-3-7(6)9/h4-7,9-10,13H,1-3,11H2. The molecule has 3 unspecified atom stereocenters. The highest BCUT2D eigenvalue weighted by Crippen LogP contribution is 2.62. The Kier molecular flexibility index (Phi) is 2.08. The van der Waals surface area contributed by atoms with Gasteiger partial charge in [-0.15, -0.1) is 11.3 Å². The fourth-order valence-corrected chi connectivity index (χ4v) is 3.87. The fourth-order valence-electron chi connectivity index (χ4n) is 3.13. The first-order chi connectivity index (χ1) is 6.92. The maximum absolute atomic E-state index is 5.64. The van der Waals surface area contributed by atoms with Gasteiger partial charge in [0.2, 0.25) is 0 Å². The lowest BCUT2D eigenvalue weighted by Gasteiger charge is -2.15. The van der Waals surface area contributed by atoms with Gasteiger partial charge < -0.3 is 0 Å². The van der Waals surface area contributed by atoms with Gasteiger partial charge in [-0.05, 0) is 30.6 Å². The summed E-state index contributed by atoms with van der Waals surface area (Å²) >= 11 is 1.71. The second kappa shape index (κ2) is 3.29. The van der Waals surface area contributed by atoms with E-state index in [1.54, 1.807) is 11.3 Å². The Balaban J connectivity index is 1.77. The zero-order chi connectivity index (χ0) is 9.54. The van der Waals surface area contributed by atoms with Crippen LogP contribution in [0.3, 0.4) is 0 Å². The van der Waals surface area contributed by atoms with E-state index >= 15 is 0 Å². The third kappa shape index (κ3) is 1.21. The third-order valence-electron chi connectivity index (χ3n) is 3.80. The van der Waals surface area contributed by atoms with Crippen molar-refractivity contribution in [3.8, 4) is 0 Å². The van der Waals surface area contributed by atoms with Crippen LogP contribution in [0, 0.1) is 17.8 Å². The molecule has 3 N–H and O–H groups in total.